The number of fused-ring (bicyclic) bond motifs is 1. The highest BCUT2D eigenvalue weighted by Gasteiger charge is 2.37. The number of anilines is 2. The maximum absolute atomic E-state index is 13.4. The third kappa shape index (κ3) is 4.40. The van der Waals surface area contributed by atoms with Gasteiger partial charge in [-0.3, -0.25) is 18.9 Å². The van der Waals surface area contributed by atoms with Gasteiger partial charge in [0, 0.05) is 26.4 Å². The predicted octanol–water partition coefficient (Wildman–Crippen LogP) is 3.13. The second-order valence-corrected chi connectivity index (χ2v) is 8.27. The van der Waals surface area contributed by atoms with Crippen molar-refractivity contribution in [3.05, 3.63) is 85.3 Å². The van der Waals surface area contributed by atoms with Crippen molar-refractivity contribution >= 4 is 23.1 Å². The molecule has 8 nitrogen and oxygen atoms in total. The van der Waals surface area contributed by atoms with Gasteiger partial charge in [0.25, 0.3) is 5.56 Å². The molecule has 0 aliphatic carbocycles. The first-order valence-corrected chi connectivity index (χ1v) is 10.7. The van der Waals surface area contributed by atoms with Crippen molar-refractivity contribution in [2.75, 3.05) is 16.8 Å². The van der Waals surface area contributed by atoms with Crippen LogP contribution in [0.1, 0.15) is 29.4 Å². The van der Waals surface area contributed by atoms with Gasteiger partial charge < -0.3 is 15.3 Å². The van der Waals surface area contributed by atoms with Gasteiger partial charge in [0.1, 0.15) is 17.7 Å². The zero-order chi connectivity index (χ0) is 24.6. The molecule has 180 valence electrons. The van der Waals surface area contributed by atoms with Gasteiger partial charge in [0.05, 0.1) is 22.8 Å². The van der Waals surface area contributed by atoms with Crippen LogP contribution in [0.3, 0.4) is 0 Å². The maximum atomic E-state index is 13.4. The Morgan fingerprint density at radius 1 is 1.15 bits per heavy atom. The molecule has 34 heavy (non-hydrogen) atoms. The van der Waals surface area contributed by atoms with Gasteiger partial charge in [-0.1, -0.05) is 23.7 Å². The monoisotopic (exact) mass is 495 g/mol. The highest BCUT2D eigenvalue weighted by molar-refractivity contribution is 6.30. The predicted molar refractivity (Wildman–Crippen MR) is 121 cm³/mol. The number of nitrogens with zero attached hydrogens (tertiary/aromatic N) is 4. The lowest BCUT2D eigenvalue weighted by Gasteiger charge is -2.26. The molecule has 1 unspecified atom stereocenters. The minimum atomic E-state index is -4.48. The number of benzene rings is 1. The first kappa shape index (κ1) is 23.8. The number of pyridine rings is 1. The molecule has 1 aliphatic rings. The summed E-state index contributed by atoms with van der Waals surface area (Å²) >= 11 is 5.93. The van der Waals surface area contributed by atoms with Gasteiger partial charge in [-0.2, -0.15) is 13.2 Å². The molecular weight excluding hydrogens is 475 g/mol. The summed E-state index contributed by atoms with van der Waals surface area (Å²) in [4.78, 5) is 32.1. The lowest BCUT2D eigenvalue weighted by Crippen LogP contribution is -2.41. The Balaban J connectivity index is 1.83. The van der Waals surface area contributed by atoms with E-state index >= 15 is 0 Å². The molecule has 0 spiro atoms. The number of rotatable bonds is 6. The molecule has 4 rings (SSSR count). The molecule has 0 fully saturated rings. The number of hydrogen-bond acceptors (Lipinski definition) is 6. The summed E-state index contributed by atoms with van der Waals surface area (Å²) in [5.41, 5.74) is -0.721. The molecule has 1 aliphatic heterocycles. The fourth-order valence-corrected chi connectivity index (χ4v) is 4.01. The highest BCUT2D eigenvalue weighted by atomic mass is 35.5. The lowest BCUT2D eigenvalue weighted by molar-refractivity contribution is -0.137. The van der Waals surface area contributed by atoms with Crippen molar-refractivity contribution in [1.29, 1.82) is 0 Å². The SMILES string of the molecule is Cn1c2c(c(=O)n(CCCO)c1=O)N(Cc1ccc(Cl)cn1)C(c1ccc(C(F)(F)F)cc1)N2. The summed E-state index contributed by atoms with van der Waals surface area (Å²) in [6.45, 7) is -0.0545. The second-order valence-electron chi connectivity index (χ2n) is 7.84. The van der Waals surface area contributed by atoms with Gasteiger partial charge in [-0.15, -0.1) is 0 Å². The first-order valence-electron chi connectivity index (χ1n) is 10.4. The summed E-state index contributed by atoms with van der Waals surface area (Å²) in [7, 11) is 1.50. The van der Waals surface area contributed by atoms with Crippen molar-refractivity contribution in [2.45, 2.75) is 31.9 Å². The highest BCUT2D eigenvalue weighted by Crippen LogP contribution is 2.39. The van der Waals surface area contributed by atoms with Gasteiger partial charge in [0.15, 0.2) is 0 Å². The molecule has 3 heterocycles. The quantitative estimate of drug-likeness (QED) is 0.546. The normalized spacial score (nSPS) is 15.4. The number of aliphatic hydroxyl groups excluding tert-OH is 1. The molecule has 1 atom stereocenters. The number of aliphatic hydroxyl groups is 1. The summed E-state index contributed by atoms with van der Waals surface area (Å²) < 4.78 is 41.5. The minimum absolute atomic E-state index is 0.0211. The first-order chi connectivity index (χ1) is 16.1. The number of aromatic nitrogens is 3. The summed E-state index contributed by atoms with van der Waals surface area (Å²) in [6, 6.07) is 7.92. The van der Waals surface area contributed by atoms with E-state index in [4.69, 9.17) is 16.7 Å². The van der Waals surface area contributed by atoms with Crippen LogP contribution in [0.2, 0.25) is 5.02 Å². The fraction of sp³-hybridized carbons (Fsp3) is 0.318. The number of nitrogens with one attached hydrogen (secondary N) is 1. The zero-order valence-corrected chi connectivity index (χ0v) is 18.8. The largest absolute Gasteiger partial charge is 0.416 e. The molecule has 3 aromatic rings. The maximum Gasteiger partial charge on any atom is 0.416 e. The van der Waals surface area contributed by atoms with Crippen molar-refractivity contribution in [3.8, 4) is 0 Å². The Kier molecular flexibility index (Phi) is 6.41. The lowest BCUT2D eigenvalue weighted by atomic mass is 10.1. The molecule has 0 saturated carbocycles. The smallest absolute Gasteiger partial charge is 0.396 e. The Bertz CT molecular complexity index is 1300. The summed E-state index contributed by atoms with van der Waals surface area (Å²) in [6.07, 6.45) is -3.55. The Hall–Kier alpha value is -3.31. The van der Waals surface area contributed by atoms with Gasteiger partial charge in [-0.25, -0.2) is 4.79 Å². The van der Waals surface area contributed by atoms with Crippen molar-refractivity contribution < 1.29 is 18.3 Å². The van der Waals surface area contributed by atoms with Crippen molar-refractivity contribution in [3.63, 3.8) is 0 Å². The van der Waals surface area contributed by atoms with E-state index in [0.29, 0.717) is 16.3 Å². The fourth-order valence-electron chi connectivity index (χ4n) is 3.90. The van der Waals surface area contributed by atoms with Crippen molar-refractivity contribution in [1.82, 2.24) is 14.1 Å². The average molecular weight is 496 g/mol. The van der Waals surface area contributed by atoms with E-state index < -0.39 is 29.2 Å². The van der Waals surface area contributed by atoms with E-state index in [0.717, 1.165) is 16.7 Å². The molecule has 0 bridgehead atoms. The molecule has 0 amide bonds. The van der Waals surface area contributed by atoms with Crippen LogP contribution in [-0.4, -0.2) is 25.8 Å². The van der Waals surface area contributed by atoms with E-state index in [2.05, 4.69) is 10.3 Å². The Labute approximate surface area is 196 Å². The third-order valence-electron chi connectivity index (χ3n) is 5.61. The van der Waals surface area contributed by atoms with Crippen LogP contribution >= 0.6 is 11.6 Å². The topological polar surface area (TPSA) is 92.4 Å². The number of halogens is 4. The van der Waals surface area contributed by atoms with Gasteiger partial charge >= 0.3 is 11.9 Å². The van der Waals surface area contributed by atoms with E-state index in [-0.39, 0.29) is 37.6 Å². The molecule has 0 saturated heterocycles. The van der Waals surface area contributed by atoms with Crippen LogP contribution in [0.4, 0.5) is 24.7 Å². The van der Waals surface area contributed by atoms with E-state index in [1.807, 2.05) is 0 Å². The van der Waals surface area contributed by atoms with E-state index in [1.165, 1.54) is 29.9 Å². The van der Waals surface area contributed by atoms with E-state index in [9.17, 15) is 22.8 Å². The molecule has 2 aromatic heterocycles. The van der Waals surface area contributed by atoms with Gasteiger partial charge in [-0.05, 0) is 36.2 Å². The molecule has 2 N–H and O–H groups in total. The summed E-state index contributed by atoms with van der Waals surface area (Å²) in [5, 5.41) is 12.7. The van der Waals surface area contributed by atoms with Crippen molar-refractivity contribution in [2.24, 2.45) is 7.05 Å². The van der Waals surface area contributed by atoms with Crippen LogP contribution < -0.4 is 21.5 Å². The van der Waals surface area contributed by atoms with E-state index in [1.54, 1.807) is 17.0 Å². The number of alkyl halides is 3. The average Bonchev–Trinajstić information content (AvgIpc) is 3.18. The molecule has 0 radical (unpaired) electrons. The number of hydrogen-bond donors (Lipinski definition) is 2. The van der Waals surface area contributed by atoms with Crippen LogP contribution in [-0.2, 0) is 26.3 Å². The van der Waals surface area contributed by atoms with Crippen LogP contribution in [0.5, 0.6) is 0 Å². The zero-order valence-electron chi connectivity index (χ0n) is 18.0. The third-order valence-corrected chi connectivity index (χ3v) is 5.84. The minimum Gasteiger partial charge on any atom is -0.396 e. The van der Waals surface area contributed by atoms with Crippen LogP contribution in [0.15, 0.2) is 52.2 Å². The summed E-state index contributed by atoms with van der Waals surface area (Å²) in [5.74, 6) is 0.245. The molecule has 1 aromatic carbocycles. The van der Waals surface area contributed by atoms with Gasteiger partial charge in [0.2, 0.25) is 0 Å². The molecular formula is C22H21ClF3N5O3. The Morgan fingerprint density at radius 2 is 1.85 bits per heavy atom. The Morgan fingerprint density at radius 3 is 2.44 bits per heavy atom. The van der Waals surface area contributed by atoms with Crippen LogP contribution in [0, 0.1) is 0 Å². The molecule has 12 heteroatoms. The van der Waals surface area contributed by atoms with Crippen LogP contribution in [0.25, 0.3) is 0 Å². The standard InChI is InChI=1S/C22H21ClF3N5O3/c1-29-19-17(20(33)30(21(29)34)9-2-10-32)31(12-16-8-7-15(23)11-27-16)18(28-19)13-3-5-14(6-4-13)22(24,25)26/h3-8,11,18,28,32H,2,9-10,12H2,1H3. The second kappa shape index (κ2) is 9.15.